The van der Waals surface area contributed by atoms with Crippen molar-refractivity contribution >= 4 is 35.3 Å². The van der Waals surface area contributed by atoms with Crippen LogP contribution in [0.2, 0.25) is 0 Å². The first-order valence-electron chi connectivity index (χ1n) is 13.7. The lowest BCUT2D eigenvalue weighted by Gasteiger charge is -2.17. The van der Waals surface area contributed by atoms with E-state index in [1.807, 2.05) is 16.8 Å². The summed E-state index contributed by atoms with van der Waals surface area (Å²) in [7, 11) is 0. The molecule has 8 nitrogen and oxygen atoms in total. The highest BCUT2D eigenvalue weighted by molar-refractivity contribution is 7.07. The van der Waals surface area contributed by atoms with Gasteiger partial charge in [0, 0.05) is 19.5 Å². The summed E-state index contributed by atoms with van der Waals surface area (Å²) in [6.45, 7) is 5.48. The highest BCUT2D eigenvalue weighted by Gasteiger charge is 2.40. The first-order chi connectivity index (χ1) is 18.9. The van der Waals surface area contributed by atoms with E-state index in [0.717, 1.165) is 67.6 Å². The van der Waals surface area contributed by atoms with Gasteiger partial charge in [-0.05, 0) is 59.0 Å². The van der Waals surface area contributed by atoms with Gasteiger partial charge < -0.3 is 9.67 Å². The number of amides is 3. The second kappa shape index (κ2) is 13.4. The summed E-state index contributed by atoms with van der Waals surface area (Å²) in [5, 5.41) is 13.2. The second-order valence-corrected chi connectivity index (χ2v) is 10.6. The average Bonchev–Trinajstić information content (AvgIpc) is 3.63. The number of carbonyl (C=O) groups is 3. The predicted molar refractivity (Wildman–Crippen MR) is 152 cm³/mol. The van der Waals surface area contributed by atoms with Gasteiger partial charge in [0.2, 0.25) is 0 Å². The molecule has 0 spiro atoms. The van der Waals surface area contributed by atoms with Crippen LogP contribution >= 0.6 is 11.3 Å². The summed E-state index contributed by atoms with van der Waals surface area (Å²) in [6, 6.07) is 8.48. The van der Waals surface area contributed by atoms with Crippen LogP contribution in [-0.4, -0.2) is 48.9 Å². The molecule has 9 heteroatoms. The van der Waals surface area contributed by atoms with Gasteiger partial charge in [-0.25, -0.2) is 14.6 Å². The lowest BCUT2D eigenvalue weighted by Crippen LogP contribution is -2.33. The van der Waals surface area contributed by atoms with Crippen molar-refractivity contribution in [2.45, 2.75) is 71.9 Å². The lowest BCUT2D eigenvalue weighted by atomic mass is 10.1. The van der Waals surface area contributed by atoms with Crippen molar-refractivity contribution in [3.05, 3.63) is 81.2 Å². The van der Waals surface area contributed by atoms with E-state index in [0.29, 0.717) is 25.3 Å². The fourth-order valence-electron chi connectivity index (χ4n) is 4.68. The number of imidazole rings is 1. The van der Waals surface area contributed by atoms with Crippen molar-refractivity contribution in [1.82, 2.24) is 19.4 Å². The fourth-order valence-corrected chi connectivity index (χ4v) is 5.34. The van der Waals surface area contributed by atoms with Crippen molar-refractivity contribution in [1.29, 1.82) is 0 Å². The molecule has 1 aromatic carbocycles. The summed E-state index contributed by atoms with van der Waals surface area (Å²) in [4.78, 5) is 45.9. The normalized spacial score (nSPS) is 14.7. The van der Waals surface area contributed by atoms with E-state index < -0.39 is 5.97 Å². The maximum absolute atomic E-state index is 13.6. The molecule has 0 radical (unpaired) electrons. The van der Waals surface area contributed by atoms with Crippen LogP contribution in [0, 0.1) is 0 Å². The predicted octanol–water partition coefficient (Wildman–Crippen LogP) is 6.42. The SMILES string of the molecule is CCCCCCN1C(=O)/C(=C/c2cnc(CCCC)n2Cc2ccc(C(=O)O)cc2)N(Cc2ccsc2)C1=O. The number of carboxylic acids is 1. The number of carbonyl (C=O) groups excluding carboxylic acids is 2. The number of rotatable bonds is 14. The maximum atomic E-state index is 13.6. The Morgan fingerprint density at radius 1 is 0.949 bits per heavy atom. The molecule has 0 bridgehead atoms. The number of thiophene rings is 1. The number of urea groups is 1. The van der Waals surface area contributed by atoms with Crippen molar-refractivity contribution in [3.8, 4) is 0 Å². The molecule has 3 heterocycles. The van der Waals surface area contributed by atoms with Crippen LogP contribution in [0.4, 0.5) is 4.79 Å². The molecule has 0 atom stereocenters. The van der Waals surface area contributed by atoms with Gasteiger partial charge in [0.15, 0.2) is 0 Å². The van der Waals surface area contributed by atoms with Crippen LogP contribution in [0.5, 0.6) is 0 Å². The average molecular weight is 549 g/mol. The maximum Gasteiger partial charge on any atom is 0.335 e. The topological polar surface area (TPSA) is 95.7 Å². The minimum atomic E-state index is -0.965. The molecule has 1 N–H and O–H groups in total. The van der Waals surface area contributed by atoms with Gasteiger partial charge in [0.1, 0.15) is 11.5 Å². The van der Waals surface area contributed by atoms with E-state index in [-0.39, 0.29) is 17.5 Å². The number of hydrogen-bond acceptors (Lipinski definition) is 5. The van der Waals surface area contributed by atoms with E-state index in [2.05, 4.69) is 23.4 Å². The molecule has 39 heavy (non-hydrogen) atoms. The first-order valence-corrected chi connectivity index (χ1v) is 14.6. The summed E-state index contributed by atoms with van der Waals surface area (Å²) in [6.07, 6.45) is 10.2. The Bertz CT molecular complexity index is 1310. The molecular weight excluding hydrogens is 512 g/mol. The highest BCUT2D eigenvalue weighted by atomic mass is 32.1. The fraction of sp³-hybridized carbons (Fsp3) is 0.400. The number of hydrogen-bond donors (Lipinski definition) is 1. The Kier molecular flexibility index (Phi) is 9.70. The summed E-state index contributed by atoms with van der Waals surface area (Å²) >= 11 is 1.56. The number of carboxylic acid groups (broad SMARTS) is 1. The third kappa shape index (κ3) is 6.84. The Labute approximate surface area is 233 Å². The van der Waals surface area contributed by atoms with Gasteiger partial charge in [-0.3, -0.25) is 14.6 Å². The zero-order valence-electron chi connectivity index (χ0n) is 22.6. The van der Waals surface area contributed by atoms with Gasteiger partial charge in [-0.1, -0.05) is 51.7 Å². The molecule has 1 saturated heterocycles. The zero-order chi connectivity index (χ0) is 27.8. The second-order valence-electron chi connectivity index (χ2n) is 9.84. The van der Waals surface area contributed by atoms with E-state index >= 15 is 0 Å². The van der Waals surface area contributed by atoms with Crippen LogP contribution in [0.25, 0.3) is 6.08 Å². The first kappa shape index (κ1) is 28.3. The Balaban J connectivity index is 1.68. The smallest absolute Gasteiger partial charge is 0.335 e. The number of nitrogens with zero attached hydrogens (tertiary/aromatic N) is 4. The molecule has 206 valence electrons. The molecule has 2 aromatic heterocycles. The van der Waals surface area contributed by atoms with Crippen molar-refractivity contribution in [2.75, 3.05) is 6.54 Å². The molecule has 1 aliphatic rings. The quantitative estimate of drug-likeness (QED) is 0.142. The summed E-state index contributed by atoms with van der Waals surface area (Å²) in [5.41, 5.74) is 3.23. The summed E-state index contributed by atoms with van der Waals surface area (Å²) in [5.74, 6) is -0.350. The number of aromatic carboxylic acids is 1. The largest absolute Gasteiger partial charge is 0.478 e. The molecule has 4 rings (SSSR count). The van der Waals surface area contributed by atoms with E-state index in [9.17, 15) is 19.5 Å². The van der Waals surface area contributed by atoms with Gasteiger partial charge in [-0.2, -0.15) is 11.3 Å². The van der Waals surface area contributed by atoms with Gasteiger partial charge in [0.05, 0.1) is 24.0 Å². The number of benzene rings is 1. The third-order valence-corrected chi connectivity index (χ3v) is 7.65. The molecule has 0 aliphatic carbocycles. The van der Waals surface area contributed by atoms with Crippen LogP contribution in [-0.2, 0) is 24.3 Å². The Morgan fingerprint density at radius 2 is 1.72 bits per heavy atom. The Morgan fingerprint density at radius 3 is 2.38 bits per heavy atom. The number of unbranched alkanes of at least 4 members (excludes halogenated alkanes) is 4. The third-order valence-electron chi connectivity index (χ3n) is 6.92. The molecule has 0 unspecified atom stereocenters. The minimum Gasteiger partial charge on any atom is -0.478 e. The summed E-state index contributed by atoms with van der Waals surface area (Å²) < 4.78 is 2.06. The van der Waals surface area contributed by atoms with Crippen LogP contribution in [0.15, 0.2) is 53.0 Å². The molecule has 1 fully saturated rings. The number of aromatic nitrogens is 2. The van der Waals surface area contributed by atoms with Gasteiger partial charge in [-0.15, -0.1) is 0 Å². The highest BCUT2D eigenvalue weighted by Crippen LogP contribution is 2.28. The van der Waals surface area contributed by atoms with Gasteiger partial charge >= 0.3 is 12.0 Å². The number of imide groups is 1. The zero-order valence-corrected chi connectivity index (χ0v) is 23.5. The molecule has 3 aromatic rings. The Hall–Kier alpha value is -3.72. The monoisotopic (exact) mass is 548 g/mol. The van der Waals surface area contributed by atoms with Crippen LogP contribution in [0.1, 0.15) is 85.4 Å². The molecule has 3 amide bonds. The van der Waals surface area contributed by atoms with Crippen molar-refractivity contribution in [3.63, 3.8) is 0 Å². The van der Waals surface area contributed by atoms with E-state index in [1.54, 1.807) is 52.8 Å². The van der Waals surface area contributed by atoms with Crippen molar-refractivity contribution < 1.29 is 19.5 Å². The van der Waals surface area contributed by atoms with E-state index in [4.69, 9.17) is 0 Å². The lowest BCUT2D eigenvalue weighted by molar-refractivity contribution is -0.123. The molecule has 1 aliphatic heterocycles. The van der Waals surface area contributed by atoms with E-state index in [1.165, 1.54) is 4.90 Å². The number of aryl methyl sites for hydroxylation is 1. The van der Waals surface area contributed by atoms with Crippen LogP contribution in [0.3, 0.4) is 0 Å². The standard InChI is InChI=1S/C30H36N4O4S/c1-3-5-7-8-15-32-28(35)26(34(30(32)38)20-23-14-16-39-21-23)17-25-18-31-27(9-6-4-2)33(25)19-22-10-12-24(13-11-22)29(36)37/h10-14,16-18,21H,3-9,15,19-20H2,1-2H3,(H,36,37)/b26-17-. The van der Waals surface area contributed by atoms with Crippen molar-refractivity contribution in [2.24, 2.45) is 0 Å². The molecule has 0 saturated carbocycles. The van der Waals surface area contributed by atoms with Gasteiger partial charge in [0.25, 0.3) is 5.91 Å². The minimum absolute atomic E-state index is 0.232. The van der Waals surface area contributed by atoms with Crippen LogP contribution < -0.4 is 0 Å². The molecular formula is C30H36N4O4S.